The maximum atomic E-state index is 12.3. The average molecular weight is 349 g/mol. The molecule has 0 bridgehead atoms. The van der Waals surface area contributed by atoms with Crippen LogP contribution < -0.4 is 4.74 Å². The van der Waals surface area contributed by atoms with Gasteiger partial charge in [0.25, 0.3) is 0 Å². The number of esters is 1. The minimum atomic E-state index is -0.509. The van der Waals surface area contributed by atoms with Crippen LogP contribution in [0.2, 0.25) is 0 Å². The number of hydrogen-bond acceptors (Lipinski definition) is 5. The van der Waals surface area contributed by atoms with Gasteiger partial charge in [-0.25, -0.2) is 9.59 Å². The summed E-state index contributed by atoms with van der Waals surface area (Å²) in [6, 6.07) is 5.17. The van der Waals surface area contributed by atoms with Crippen LogP contribution >= 0.6 is 0 Å². The lowest BCUT2D eigenvalue weighted by Gasteiger charge is -2.28. The molecule has 138 valence electrons. The van der Waals surface area contributed by atoms with Crippen molar-refractivity contribution < 1.29 is 23.8 Å². The monoisotopic (exact) mass is 349 g/mol. The number of carbonyl (C=O) groups excluding carboxylic acids is 2. The predicted molar refractivity (Wildman–Crippen MR) is 94.0 cm³/mol. The van der Waals surface area contributed by atoms with Gasteiger partial charge in [-0.2, -0.15) is 0 Å². The van der Waals surface area contributed by atoms with Crippen LogP contribution in [-0.4, -0.2) is 48.9 Å². The molecular formula is C19H27NO5. The molecule has 1 saturated heterocycles. The minimum absolute atomic E-state index is 0.00506. The lowest BCUT2D eigenvalue weighted by atomic mass is 10.1. The van der Waals surface area contributed by atoms with Crippen molar-refractivity contribution in [1.82, 2.24) is 4.90 Å². The van der Waals surface area contributed by atoms with E-state index in [0.717, 1.165) is 18.4 Å². The van der Waals surface area contributed by atoms with E-state index in [-0.39, 0.29) is 18.1 Å². The van der Waals surface area contributed by atoms with Gasteiger partial charge in [-0.15, -0.1) is 0 Å². The maximum Gasteiger partial charge on any atom is 0.410 e. The molecule has 0 N–H and O–H groups in total. The van der Waals surface area contributed by atoms with Crippen LogP contribution in [0.3, 0.4) is 0 Å². The maximum absolute atomic E-state index is 12.3. The van der Waals surface area contributed by atoms with Crippen LogP contribution in [0.5, 0.6) is 5.75 Å². The van der Waals surface area contributed by atoms with E-state index in [1.54, 1.807) is 23.1 Å². The van der Waals surface area contributed by atoms with Gasteiger partial charge in [0, 0.05) is 6.54 Å². The summed E-state index contributed by atoms with van der Waals surface area (Å²) in [5, 5.41) is 0. The van der Waals surface area contributed by atoms with Crippen LogP contribution in [0.15, 0.2) is 18.2 Å². The molecular weight excluding hydrogens is 322 g/mol. The van der Waals surface area contributed by atoms with Gasteiger partial charge in [0.15, 0.2) is 0 Å². The molecule has 1 heterocycles. The number of hydrogen-bond donors (Lipinski definition) is 0. The smallest absolute Gasteiger partial charge is 0.410 e. The number of carbonyl (C=O) groups is 2. The lowest BCUT2D eigenvalue weighted by molar-refractivity contribution is 0.0187. The first kappa shape index (κ1) is 19.1. The molecule has 1 amide bonds. The summed E-state index contributed by atoms with van der Waals surface area (Å²) in [5.74, 6) is 0.324. The number of ether oxygens (including phenoxy) is 3. The molecule has 1 aromatic rings. The van der Waals surface area contributed by atoms with Gasteiger partial charge in [-0.3, -0.25) is 0 Å². The van der Waals surface area contributed by atoms with Crippen molar-refractivity contribution in [3.05, 3.63) is 29.3 Å². The Morgan fingerprint density at radius 3 is 2.60 bits per heavy atom. The molecule has 0 spiro atoms. The molecule has 1 aliphatic rings. The molecule has 1 fully saturated rings. The quantitative estimate of drug-likeness (QED) is 0.778. The van der Waals surface area contributed by atoms with Crippen LogP contribution in [0.25, 0.3) is 0 Å². The first-order valence-corrected chi connectivity index (χ1v) is 8.52. The number of methoxy groups -OCH3 is 1. The molecule has 6 nitrogen and oxygen atoms in total. The third-order valence-corrected chi connectivity index (χ3v) is 4.03. The molecule has 1 atom stereocenters. The number of amides is 1. The van der Waals surface area contributed by atoms with Crippen molar-refractivity contribution in [2.75, 3.05) is 20.3 Å². The normalized spacial score (nSPS) is 17.3. The molecule has 25 heavy (non-hydrogen) atoms. The number of likely N-dealkylation sites (tertiary alicyclic amines) is 1. The lowest BCUT2D eigenvalue weighted by Crippen LogP contribution is -2.42. The first-order chi connectivity index (χ1) is 11.7. The van der Waals surface area contributed by atoms with E-state index in [9.17, 15) is 9.59 Å². The highest BCUT2D eigenvalue weighted by Gasteiger charge is 2.32. The number of nitrogens with zero attached hydrogens (tertiary/aromatic N) is 1. The molecule has 2 rings (SSSR count). The summed E-state index contributed by atoms with van der Waals surface area (Å²) in [7, 11) is 1.35. The van der Waals surface area contributed by atoms with Crippen molar-refractivity contribution in [1.29, 1.82) is 0 Å². The second-order valence-electron chi connectivity index (χ2n) is 7.25. The Morgan fingerprint density at radius 1 is 1.28 bits per heavy atom. The Kier molecular flexibility index (Phi) is 5.93. The van der Waals surface area contributed by atoms with Gasteiger partial charge >= 0.3 is 12.1 Å². The molecule has 0 aliphatic carbocycles. The van der Waals surface area contributed by atoms with Gasteiger partial charge < -0.3 is 19.1 Å². The molecule has 0 aromatic heterocycles. The fourth-order valence-electron chi connectivity index (χ4n) is 2.81. The second-order valence-corrected chi connectivity index (χ2v) is 7.25. The Balaban J connectivity index is 1.98. The van der Waals surface area contributed by atoms with Gasteiger partial charge in [0.2, 0.25) is 0 Å². The average Bonchev–Trinajstić information content (AvgIpc) is 3.00. The topological polar surface area (TPSA) is 65.1 Å². The van der Waals surface area contributed by atoms with Gasteiger partial charge in [0.1, 0.15) is 18.0 Å². The number of benzene rings is 1. The Hall–Kier alpha value is -2.24. The zero-order valence-electron chi connectivity index (χ0n) is 15.6. The summed E-state index contributed by atoms with van der Waals surface area (Å²) in [5.41, 5.74) is 0.832. The molecule has 1 aliphatic heterocycles. The van der Waals surface area contributed by atoms with Crippen molar-refractivity contribution in [3.63, 3.8) is 0 Å². The summed E-state index contributed by atoms with van der Waals surface area (Å²) in [4.78, 5) is 25.6. The first-order valence-electron chi connectivity index (χ1n) is 8.52. The molecule has 6 heteroatoms. The highest BCUT2D eigenvalue weighted by molar-refractivity contribution is 5.89. The highest BCUT2D eigenvalue weighted by Crippen LogP contribution is 2.24. The Morgan fingerprint density at radius 2 is 2.00 bits per heavy atom. The van der Waals surface area contributed by atoms with Gasteiger partial charge in [-0.05, 0) is 64.3 Å². The fraction of sp³-hybridized carbons (Fsp3) is 0.579. The highest BCUT2D eigenvalue weighted by atomic mass is 16.6. The van der Waals surface area contributed by atoms with Crippen LogP contribution in [0.1, 0.15) is 49.5 Å². The van der Waals surface area contributed by atoms with E-state index in [1.807, 2.05) is 27.7 Å². The third-order valence-electron chi connectivity index (χ3n) is 4.03. The standard InChI is InChI=1S/C19H27NO5/c1-13-11-14(17(21)23-5)8-9-16(13)24-12-15-7-6-10-20(15)18(22)25-19(2,3)4/h8-9,11,15H,6-7,10,12H2,1-5H3/t15-/m0/s1. The van der Waals surface area contributed by atoms with Crippen molar-refractivity contribution >= 4 is 12.1 Å². The predicted octanol–water partition coefficient (Wildman–Crippen LogP) is 3.56. The largest absolute Gasteiger partial charge is 0.491 e. The molecule has 0 unspecified atom stereocenters. The van der Waals surface area contributed by atoms with Crippen LogP contribution in [0, 0.1) is 6.92 Å². The Bertz CT molecular complexity index is 635. The van der Waals surface area contributed by atoms with Gasteiger partial charge in [-0.1, -0.05) is 0 Å². The van der Waals surface area contributed by atoms with Crippen molar-refractivity contribution in [3.8, 4) is 5.75 Å². The second kappa shape index (κ2) is 7.76. The summed E-state index contributed by atoms with van der Waals surface area (Å²) >= 11 is 0. The van der Waals surface area contributed by atoms with Crippen molar-refractivity contribution in [2.24, 2.45) is 0 Å². The summed E-state index contributed by atoms with van der Waals surface area (Å²) in [6.07, 6.45) is 1.53. The molecule has 1 aromatic carbocycles. The number of rotatable bonds is 4. The fourth-order valence-corrected chi connectivity index (χ4v) is 2.81. The SMILES string of the molecule is COC(=O)c1ccc(OC[C@@H]2CCCN2C(=O)OC(C)(C)C)c(C)c1. The van der Waals surface area contributed by atoms with E-state index in [0.29, 0.717) is 24.5 Å². The van der Waals surface area contributed by atoms with Crippen LogP contribution in [0.4, 0.5) is 4.79 Å². The van der Waals surface area contributed by atoms with Crippen LogP contribution in [-0.2, 0) is 9.47 Å². The number of aryl methyl sites for hydroxylation is 1. The van der Waals surface area contributed by atoms with E-state index in [1.165, 1.54) is 7.11 Å². The Labute approximate surface area is 149 Å². The van der Waals surface area contributed by atoms with E-state index < -0.39 is 5.60 Å². The van der Waals surface area contributed by atoms with E-state index >= 15 is 0 Å². The molecule has 0 saturated carbocycles. The zero-order valence-corrected chi connectivity index (χ0v) is 15.6. The third kappa shape index (κ3) is 5.11. The minimum Gasteiger partial charge on any atom is -0.491 e. The van der Waals surface area contributed by atoms with E-state index in [4.69, 9.17) is 14.2 Å². The van der Waals surface area contributed by atoms with E-state index in [2.05, 4.69) is 0 Å². The zero-order chi connectivity index (χ0) is 18.6. The molecule has 0 radical (unpaired) electrons. The summed E-state index contributed by atoms with van der Waals surface area (Å²) < 4.78 is 16.1. The van der Waals surface area contributed by atoms with Gasteiger partial charge in [0.05, 0.1) is 18.7 Å². The summed E-state index contributed by atoms with van der Waals surface area (Å²) in [6.45, 7) is 8.54. The van der Waals surface area contributed by atoms with Crippen molar-refractivity contribution in [2.45, 2.75) is 52.2 Å².